The maximum Gasteiger partial charge on any atom is 0.270 e. The van der Waals surface area contributed by atoms with Crippen molar-refractivity contribution in [1.82, 2.24) is 15.3 Å². The summed E-state index contributed by atoms with van der Waals surface area (Å²) in [7, 11) is 0. The first-order valence-corrected chi connectivity index (χ1v) is 6.50. The number of phenols is 1. The molecule has 3 rings (SSSR count). The normalized spacial score (nSPS) is 10.5. The van der Waals surface area contributed by atoms with Crippen LogP contribution in [0.2, 0.25) is 0 Å². The summed E-state index contributed by atoms with van der Waals surface area (Å²) < 4.78 is 0. The predicted molar refractivity (Wildman–Crippen MR) is 78.8 cm³/mol. The second kappa shape index (κ2) is 5.58. The summed E-state index contributed by atoms with van der Waals surface area (Å²) >= 11 is 0. The number of carbonyl (C=O) groups excluding carboxylic acids is 1. The van der Waals surface area contributed by atoms with Crippen molar-refractivity contribution in [2.45, 2.75) is 6.54 Å². The highest BCUT2D eigenvalue weighted by molar-refractivity contribution is 5.94. The number of aromatic nitrogens is 2. The molecule has 0 bridgehead atoms. The van der Waals surface area contributed by atoms with Crippen LogP contribution in [0.3, 0.4) is 0 Å². The molecular weight excluding hydrogens is 266 g/mol. The molecule has 1 aromatic carbocycles. The van der Waals surface area contributed by atoms with Gasteiger partial charge in [-0.25, -0.2) is 4.98 Å². The fraction of sp³-hybridized carbons (Fsp3) is 0.0625. The summed E-state index contributed by atoms with van der Waals surface area (Å²) in [6, 6.07) is 13.8. The third-order valence-electron chi connectivity index (χ3n) is 3.05. The van der Waals surface area contributed by atoms with Crippen molar-refractivity contribution in [2.75, 3.05) is 0 Å². The second-order valence-electron chi connectivity index (χ2n) is 4.59. The van der Waals surface area contributed by atoms with Crippen molar-refractivity contribution in [3.8, 4) is 5.75 Å². The molecule has 2 N–H and O–H groups in total. The Kier molecular flexibility index (Phi) is 3.47. The minimum Gasteiger partial charge on any atom is -0.508 e. The second-order valence-corrected chi connectivity index (χ2v) is 4.59. The molecule has 0 saturated carbocycles. The van der Waals surface area contributed by atoms with E-state index in [1.807, 2.05) is 12.1 Å². The van der Waals surface area contributed by atoms with Crippen LogP contribution in [0, 0.1) is 0 Å². The zero-order valence-corrected chi connectivity index (χ0v) is 11.2. The van der Waals surface area contributed by atoms with Gasteiger partial charge in [-0.15, -0.1) is 0 Å². The molecule has 104 valence electrons. The van der Waals surface area contributed by atoms with E-state index in [9.17, 15) is 9.90 Å². The van der Waals surface area contributed by atoms with Crippen LogP contribution in [-0.4, -0.2) is 21.0 Å². The quantitative estimate of drug-likeness (QED) is 0.771. The number of hydrogen-bond donors (Lipinski definition) is 2. The lowest BCUT2D eigenvalue weighted by Gasteiger charge is -2.06. The van der Waals surface area contributed by atoms with Gasteiger partial charge in [0.25, 0.3) is 5.91 Å². The summed E-state index contributed by atoms with van der Waals surface area (Å²) in [6.45, 7) is 0.333. The van der Waals surface area contributed by atoms with E-state index in [1.165, 1.54) is 0 Å². The van der Waals surface area contributed by atoms with Gasteiger partial charge in [0, 0.05) is 12.7 Å². The van der Waals surface area contributed by atoms with Crippen LogP contribution in [0.5, 0.6) is 5.75 Å². The van der Waals surface area contributed by atoms with Crippen LogP contribution < -0.4 is 5.32 Å². The number of benzene rings is 1. The Hall–Kier alpha value is -2.95. The van der Waals surface area contributed by atoms with Crippen LogP contribution >= 0.6 is 0 Å². The Morgan fingerprint density at radius 1 is 1.10 bits per heavy atom. The van der Waals surface area contributed by atoms with Gasteiger partial charge in [-0.1, -0.05) is 12.1 Å². The molecule has 2 heterocycles. The smallest absolute Gasteiger partial charge is 0.270 e. The number of carbonyl (C=O) groups is 1. The van der Waals surface area contributed by atoms with E-state index in [0.29, 0.717) is 17.8 Å². The van der Waals surface area contributed by atoms with E-state index < -0.39 is 0 Å². The Morgan fingerprint density at radius 3 is 2.86 bits per heavy atom. The zero-order valence-electron chi connectivity index (χ0n) is 11.2. The summed E-state index contributed by atoms with van der Waals surface area (Å²) in [5, 5.41) is 12.2. The van der Waals surface area contributed by atoms with Crippen LogP contribution in [0.25, 0.3) is 11.0 Å². The van der Waals surface area contributed by atoms with E-state index >= 15 is 0 Å². The summed E-state index contributed by atoms with van der Waals surface area (Å²) in [6.07, 6.45) is 1.69. The van der Waals surface area contributed by atoms with Gasteiger partial charge in [0.15, 0.2) is 0 Å². The summed E-state index contributed by atoms with van der Waals surface area (Å²) in [5.74, 6) is -0.0826. The molecule has 0 unspecified atom stereocenters. The van der Waals surface area contributed by atoms with Gasteiger partial charge in [-0.3, -0.25) is 9.78 Å². The van der Waals surface area contributed by atoms with Gasteiger partial charge >= 0.3 is 0 Å². The van der Waals surface area contributed by atoms with Crippen LogP contribution in [0.15, 0.2) is 54.7 Å². The molecule has 0 atom stereocenters. The molecule has 5 nitrogen and oxygen atoms in total. The Bertz CT molecular complexity index is 802. The van der Waals surface area contributed by atoms with E-state index in [0.717, 1.165) is 11.1 Å². The van der Waals surface area contributed by atoms with Crippen molar-refractivity contribution in [1.29, 1.82) is 0 Å². The lowest BCUT2D eigenvalue weighted by atomic mass is 10.2. The Morgan fingerprint density at radius 2 is 2.00 bits per heavy atom. The number of hydrogen-bond acceptors (Lipinski definition) is 4. The van der Waals surface area contributed by atoms with Gasteiger partial charge in [0.05, 0.1) is 11.0 Å². The van der Waals surface area contributed by atoms with E-state index in [2.05, 4.69) is 15.3 Å². The monoisotopic (exact) mass is 279 g/mol. The van der Waals surface area contributed by atoms with Crippen molar-refractivity contribution < 1.29 is 9.90 Å². The number of nitrogens with zero attached hydrogens (tertiary/aromatic N) is 2. The minimum atomic E-state index is -0.260. The lowest BCUT2D eigenvalue weighted by molar-refractivity contribution is 0.0946. The molecule has 0 radical (unpaired) electrons. The standard InChI is InChI=1S/C16H13N3O2/c20-12-4-1-3-11(9-12)10-18-16(21)15-7-6-13-14(19-15)5-2-8-17-13/h1-9,20H,10H2,(H,18,21). The molecule has 0 spiro atoms. The molecule has 5 heteroatoms. The Labute approximate surface area is 121 Å². The van der Waals surface area contributed by atoms with Crippen molar-refractivity contribution in [3.05, 3.63) is 66.0 Å². The molecule has 0 aliphatic heterocycles. The predicted octanol–water partition coefficient (Wildman–Crippen LogP) is 2.27. The largest absolute Gasteiger partial charge is 0.508 e. The molecule has 0 aliphatic carbocycles. The summed E-state index contributed by atoms with van der Waals surface area (Å²) in [5.41, 5.74) is 2.60. The maximum atomic E-state index is 12.1. The first-order chi connectivity index (χ1) is 10.2. The van der Waals surface area contributed by atoms with Crippen molar-refractivity contribution in [3.63, 3.8) is 0 Å². The average Bonchev–Trinajstić information content (AvgIpc) is 2.52. The molecule has 21 heavy (non-hydrogen) atoms. The third kappa shape index (κ3) is 2.97. The van der Waals surface area contributed by atoms with Crippen LogP contribution in [-0.2, 0) is 6.54 Å². The molecule has 1 amide bonds. The minimum absolute atomic E-state index is 0.177. The molecule has 0 saturated heterocycles. The number of amides is 1. The Balaban J connectivity index is 1.74. The molecular formula is C16H13N3O2. The van der Waals surface area contributed by atoms with Gasteiger partial charge in [-0.05, 0) is 42.0 Å². The van der Waals surface area contributed by atoms with Crippen molar-refractivity contribution >= 4 is 16.9 Å². The molecule has 2 aromatic heterocycles. The number of nitrogens with one attached hydrogen (secondary N) is 1. The fourth-order valence-electron chi connectivity index (χ4n) is 2.02. The number of rotatable bonds is 3. The van der Waals surface area contributed by atoms with Gasteiger partial charge in [0.2, 0.25) is 0 Å². The highest BCUT2D eigenvalue weighted by Gasteiger charge is 2.08. The van der Waals surface area contributed by atoms with Crippen LogP contribution in [0.1, 0.15) is 16.1 Å². The lowest BCUT2D eigenvalue weighted by Crippen LogP contribution is -2.23. The first kappa shape index (κ1) is 13.1. The molecule has 0 aliphatic rings. The zero-order chi connectivity index (χ0) is 14.7. The van der Waals surface area contributed by atoms with Gasteiger partial charge < -0.3 is 10.4 Å². The highest BCUT2D eigenvalue weighted by atomic mass is 16.3. The fourth-order valence-corrected chi connectivity index (χ4v) is 2.02. The third-order valence-corrected chi connectivity index (χ3v) is 3.05. The number of pyridine rings is 2. The maximum absolute atomic E-state index is 12.1. The number of phenolic OH excluding ortho intramolecular Hbond substituents is 1. The van der Waals surface area contributed by atoms with E-state index in [1.54, 1.807) is 42.6 Å². The van der Waals surface area contributed by atoms with Crippen LogP contribution in [0.4, 0.5) is 0 Å². The highest BCUT2D eigenvalue weighted by Crippen LogP contribution is 2.11. The van der Waals surface area contributed by atoms with Gasteiger partial charge in [0.1, 0.15) is 11.4 Å². The molecule has 3 aromatic rings. The van der Waals surface area contributed by atoms with E-state index in [-0.39, 0.29) is 11.7 Å². The number of aromatic hydroxyl groups is 1. The number of fused-ring (bicyclic) bond motifs is 1. The van der Waals surface area contributed by atoms with E-state index in [4.69, 9.17) is 0 Å². The summed E-state index contributed by atoms with van der Waals surface area (Å²) in [4.78, 5) is 20.5. The van der Waals surface area contributed by atoms with Crippen molar-refractivity contribution in [2.24, 2.45) is 0 Å². The topological polar surface area (TPSA) is 75.1 Å². The van der Waals surface area contributed by atoms with Gasteiger partial charge in [-0.2, -0.15) is 0 Å². The first-order valence-electron chi connectivity index (χ1n) is 6.50. The SMILES string of the molecule is O=C(NCc1cccc(O)c1)c1ccc2ncccc2n1. The average molecular weight is 279 g/mol. The molecule has 0 fully saturated rings.